The van der Waals surface area contributed by atoms with Crippen molar-refractivity contribution in [2.45, 2.75) is 12.5 Å². The number of carbonyl (C=O) groups excluding carboxylic acids is 1. The molecule has 3 rings (SSSR count). The van der Waals surface area contributed by atoms with Crippen molar-refractivity contribution >= 4 is 11.6 Å². The Bertz CT molecular complexity index is 611. The molecule has 1 atom stereocenters. The second-order valence-corrected chi connectivity index (χ2v) is 5.93. The Morgan fingerprint density at radius 2 is 2.00 bits per heavy atom. The molecular formula is C15H19FN4O3. The molecule has 8 heteroatoms. The van der Waals surface area contributed by atoms with Crippen LogP contribution in [0.3, 0.4) is 0 Å². The number of nitrogens with zero attached hydrogens (tertiary/aromatic N) is 3. The van der Waals surface area contributed by atoms with E-state index in [2.05, 4.69) is 10.2 Å². The van der Waals surface area contributed by atoms with E-state index in [1.54, 1.807) is 4.90 Å². The number of carbonyl (C=O) groups is 1. The van der Waals surface area contributed by atoms with Crippen LogP contribution >= 0.6 is 0 Å². The molecule has 0 radical (unpaired) electrons. The Hall–Kier alpha value is -2.06. The number of piperazine rings is 1. The minimum Gasteiger partial charge on any atom is -0.336 e. The standard InChI is InChI=1S/C15H19FN4O3/c16-12-7-11(8-14(9-12)20(22)23)15(21)19-5-3-18(4-6-19)13-1-2-17-10-13/h7-9,13,17H,1-6,10H2. The first kappa shape index (κ1) is 15.8. The number of nitrogens with one attached hydrogen (secondary N) is 1. The van der Waals surface area contributed by atoms with Gasteiger partial charge in [0.2, 0.25) is 0 Å². The van der Waals surface area contributed by atoms with E-state index in [0.717, 1.165) is 50.8 Å². The topological polar surface area (TPSA) is 78.7 Å². The third-order valence-electron chi connectivity index (χ3n) is 4.49. The summed E-state index contributed by atoms with van der Waals surface area (Å²) in [5.74, 6) is -1.12. The van der Waals surface area contributed by atoms with Crippen LogP contribution in [0.4, 0.5) is 10.1 Å². The van der Waals surface area contributed by atoms with Crippen LogP contribution in [-0.2, 0) is 0 Å². The monoisotopic (exact) mass is 322 g/mol. The molecule has 0 bridgehead atoms. The van der Waals surface area contributed by atoms with Crippen LogP contribution < -0.4 is 5.32 Å². The Labute approximate surface area is 133 Å². The molecule has 2 heterocycles. The van der Waals surface area contributed by atoms with E-state index in [9.17, 15) is 19.3 Å². The zero-order valence-corrected chi connectivity index (χ0v) is 12.7. The van der Waals surface area contributed by atoms with Gasteiger partial charge in [-0.2, -0.15) is 0 Å². The van der Waals surface area contributed by atoms with Gasteiger partial charge in [-0.3, -0.25) is 19.8 Å². The fraction of sp³-hybridized carbons (Fsp3) is 0.533. The fourth-order valence-electron chi connectivity index (χ4n) is 3.23. The van der Waals surface area contributed by atoms with Gasteiger partial charge in [-0.1, -0.05) is 0 Å². The third kappa shape index (κ3) is 3.48. The maximum atomic E-state index is 13.5. The summed E-state index contributed by atoms with van der Waals surface area (Å²) < 4.78 is 13.5. The molecule has 7 nitrogen and oxygen atoms in total. The summed E-state index contributed by atoms with van der Waals surface area (Å²) in [7, 11) is 0. The first-order chi connectivity index (χ1) is 11.0. The number of benzene rings is 1. The minimum atomic E-state index is -0.766. The Kier molecular flexibility index (Phi) is 4.53. The summed E-state index contributed by atoms with van der Waals surface area (Å²) in [6, 6.07) is 3.53. The van der Waals surface area contributed by atoms with E-state index >= 15 is 0 Å². The summed E-state index contributed by atoms with van der Waals surface area (Å²) >= 11 is 0. The van der Waals surface area contributed by atoms with Crippen molar-refractivity contribution in [1.29, 1.82) is 0 Å². The van der Waals surface area contributed by atoms with Crippen molar-refractivity contribution in [2.75, 3.05) is 39.3 Å². The predicted molar refractivity (Wildman–Crippen MR) is 81.8 cm³/mol. The Morgan fingerprint density at radius 1 is 1.26 bits per heavy atom. The van der Waals surface area contributed by atoms with Crippen molar-refractivity contribution in [3.05, 3.63) is 39.7 Å². The van der Waals surface area contributed by atoms with Crippen LogP contribution in [0.5, 0.6) is 0 Å². The van der Waals surface area contributed by atoms with Gasteiger partial charge in [0.1, 0.15) is 5.82 Å². The SMILES string of the molecule is O=C(c1cc(F)cc([N+](=O)[O-])c1)N1CCN(C2CCNC2)CC1. The highest BCUT2D eigenvalue weighted by molar-refractivity contribution is 5.95. The lowest BCUT2D eigenvalue weighted by molar-refractivity contribution is -0.385. The number of amides is 1. The maximum Gasteiger partial charge on any atom is 0.273 e. The molecule has 0 aromatic heterocycles. The van der Waals surface area contributed by atoms with Gasteiger partial charge < -0.3 is 10.2 Å². The summed E-state index contributed by atoms with van der Waals surface area (Å²) in [5, 5.41) is 14.1. The predicted octanol–water partition coefficient (Wildman–Crippen LogP) is 0.854. The fourth-order valence-corrected chi connectivity index (χ4v) is 3.23. The molecule has 124 valence electrons. The number of hydrogen-bond acceptors (Lipinski definition) is 5. The van der Waals surface area contributed by atoms with Crippen LogP contribution in [0.1, 0.15) is 16.8 Å². The molecule has 2 fully saturated rings. The first-order valence-corrected chi connectivity index (χ1v) is 7.73. The second kappa shape index (κ2) is 6.59. The van der Waals surface area contributed by atoms with Gasteiger partial charge in [-0.25, -0.2) is 4.39 Å². The van der Waals surface area contributed by atoms with Crippen LogP contribution in [0, 0.1) is 15.9 Å². The average Bonchev–Trinajstić information content (AvgIpc) is 3.08. The quantitative estimate of drug-likeness (QED) is 0.659. The second-order valence-electron chi connectivity index (χ2n) is 5.93. The molecule has 0 saturated carbocycles. The highest BCUT2D eigenvalue weighted by atomic mass is 19.1. The molecule has 23 heavy (non-hydrogen) atoms. The number of halogens is 1. The van der Waals surface area contributed by atoms with E-state index in [-0.39, 0.29) is 11.5 Å². The molecule has 2 saturated heterocycles. The zero-order chi connectivity index (χ0) is 16.4. The lowest BCUT2D eigenvalue weighted by atomic mass is 10.1. The Balaban J connectivity index is 1.66. The molecule has 1 aromatic carbocycles. The van der Waals surface area contributed by atoms with E-state index in [4.69, 9.17) is 0 Å². The van der Waals surface area contributed by atoms with E-state index < -0.39 is 16.4 Å². The summed E-state index contributed by atoms with van der Waals surface area (Å²) in [6.07, 6.45) is 1.12. The summed E-state index contributed by atoms with van der Waals surface area (Å²) in [5.41, 5.74) is -0.364. The van der Waals surface area contributed by atoms with Gasteiger partial charge >= 0.3 is 0 Å². The van der Waals surface area contributed by atoms with Gasteiger partial charge in [0, 0.05) is 50.4 Å². The van der Waals surface area contributed by atoms with Gasteiger partial charge in [0.05, 0.1) is 11.0 Å². The van der Waals surface area contributed by atoms with E-state index in [1.807, 2.05) is 0 Å². The lowest BCUT2D eigenvalue weighted by Gasteiger charge is -2.37. The van der Waals surface area contributed by atoms with E-state index in [1.165, 1.54) is 0 Å². The highest BCUT2D eigenvalue weighted by Crippen LogP contribution is 2.19. The molecule has 0 spiro atoms. The summed E-state index contributed by atoms with van der Waals surface area (Å²) in [4.78, 5) is 26.6. The molecule has 1 amide bonds. The first-order valence-electron chi connectivity index (χ1n) is 7.73. The number of hydrogen-bond donors (Lipinski definition) is 1. The highest BCUT2D eigenvalue weighted by Gasteiger charge is 2.28. The zero-order valence-electron chi connectivity index (χ0n) is 12.7. The van der Waals surface area contributed by atoms with Crippen LogP contribution in [0.25, 0.3) is 0 Å². The lowest BCUT2D eigenvalue weighted by Crippen LogP contribution is -2.52. The van der Waals surface area contributed by atoms with E-state index in [0.29, 0.717) is 19.1 Å². The Morgan fingerprint density at radius 3 is 2.61 bits per heavy atom. The van der Waals surface area contributed by atoms with Crippen molar-refractivity contribution < 1.29 is 14.1 Å². The molecule has 2 aliphatic rings. The van der Waals surface area contributed by atoms with Gasteiger partial charge in [-0.05, 0) is 19.0 Å². The van der Waals surface area contributed by atoms with Gasteiger partial charge in [-0.15, -0.1) is 0 Å². The molecule has 1 unspecified atom stereocenters. The largest absolute Gasteiger partial charge is 0.336 e. The smallest absolute Gasteiger partial charge is 0.273 e. The van der Waals surface area contributed by atoms with Crippen LogP contribution in [0.2, 0.25) is 0 Å². The molecular weight excluding hydrogens is 303 g/mol. The van der Waals surface area contributed by atoms with Crippen LogP contribution in [-0.4, -0.2) is 65.9 Å². The molecule has 1 N–H and O–H groups in total. The number of nitro groups is 1. The number of nitro benzene ring substituents is 1. The third-order valence-corrected chi connectivity index (χ3v) is 4.49. The maximum absolute atomic E-state index is 13.5. The average molecular weight is 322 g/mol. The molecule has 2 aliphatic heterocycles. The van der Waals surface area contributed by atoms with Crippen LogP contribution in [0.15, 0.2) is 18.2 Å². The van der Waals surface area contributed by atoms with Crippen molar-refractivity contribution in [3.63, 3.8) is 0 Å². The van der Waals surface area contributed by atoms with Crippen molar-refractivity contribution in [1.82, 2.24) is 15.1 Å². The number of rotatable bonds is 3. The molecule has 1 aromatic rings. The number of non-ortho nitro benzene ring substituents is 1. The molecule has 0 aliphatic carbocycles. The van der Waals surface area contributed by atoms with Crippen molar-refractivity contribution in [3.8, 4) is 0 Å². The normalized spacial score (nSPS) is 22.3. The van der Waals surface area contributed by atoms with Gasteiger partial charge in [0.15, 0.2) is 0 Å². The van der Waals surface area contributed by atoms with Gasteiger partial charge in [0.25, 0.3) is 11.6 Å². The minimum absolute atomic E-state index is 0.0349. The van der Waals surface area contributed by atoms with Crippen molar-refractivity contribution in [2.24, 2.45) is 0 Å². The summed E-state index contributed by atoms with van der Waals surface area (Å²) in [6.45, 7) is 4.66.